The highest BCUT2D eigenvalue weighted by atomic mass is 35.5. The Hall–Kier alpha value is -2.63. The van der Waals surface area contributed by atoms with Crippen LogP contribution in [0.4, 0.5) is 0 Å². The SMILES string of the molecule is C[C@H](N)C(=O)N[C@H](C=CC(=O)NCc1ccccc1)CCc1ccccc1.Cl. The summed E-state index contributed by atoms with van der Waals surface area (Å²) in [7, 11) is 0. The number of aryl methyl sites for hydroxylation is 1. The van der Waals surface area contributed by atoms with Crippen molar-refractivity contribution >= 4 is 24.2 Å². The molecule has 6 heteroatoms. The van der Waals surface area contributed by atoms with Gasteiger partial charge in [0.15, 0.2) is 0 Å². The Morgan fingerprint density at radius 1 is 1.00 bits per heavy atom. The van der Waals surface area contributed by atoms with Gasteiger partial charge in [-0.3, -0.25) is 9.59 Å². The maximum absolute atomic E-state index is 12.1. The van der Waals surface area contributed by atoms with Gasteiger partial charge >= 0.3 is 0 Å². The zero-order chi connectivity index (χ0) is 19.5. The molecule has 0 fully saturated rings. The number of nitrogens with one attached hydrogen (secondary N) is 2. The Balaban J connectivity index is 0.00000392. The lowest BCUT2D eigenvalue weighted by Gasteiger charge is -2.17. The topological polar surface area (TPSA) is 84.2 Å². The molecule has 0 aliphatic rings. The van der Waals surface area contributed by atoms with Crippen LogP contribution in [0, 0.1) is 0 Å². The minimum absolute atomic E-state index is 0. The molecule has 0 aromatic heterocycles. The van der Waals surface area contributed by atoms with Crippen LogP contribution in [0.1, 0.15) is 24.5 Å². The molecule has 0 saturated heterocycles. The molecule has 4 N–H and O–H groups in total. The van der Waals surface area contributed by atoms with Crippen LogP contribution < -0.4 is 16.4 Å². The van der Waals surface area contributed by atoms with Gasteiger partial charge in [0.2, 0.25) is 11.8 Å². The first-order valence-corrected chi connectivity index (χ1v) is 9.14. The van der Waals surface area contributed by atoms with Crippen molar-refractivity contribution in [3.05, 3.63) is 83.9 Å². The van der Waals surface area contributed by atoms with E-state index in [4.69, 9.17) is 5.73 Å². The van der Waals surface area contributed by atoms with E-state index in [-0.39, 0.29) is 30.3 Å². The first-order valence-electron chi connectivity index (χ1n) is 9.14. The van der Waals surface area contributed by atoms with Crippen LogP contribution in [0.15, 0.2) is 72.8 Å². The molecule has 0 aliphatic heterocycles. The second-order valence-electron chi connectivity index (χ2n) is 6.49. The molecule has 0 radical (unpaired) electrons. The summed E-state index contributed by atoms with van der Waals surface area (Å²) in [5.41, 5.74) is 7.86. The summed E-state index contributed by atoms with van der Waals surface area (Å²) in [6, 6.07) is 18.9. The van der Waals surface area contributed by atoms with E-state index in [1.165, 1.54) is 11.6 Å². The number of benzene rings is 2. The Kier molecular flexibility index (Phi) is 10.6. The third kappa shape index (κ3) is 8.84. The summed E-state index contributed by atoms with van der Waals surface area (Å²) < 4.78 is 0. The average Bonchev–Trinajstić information content (AvgIpc) is 2.69. The minimum atomic E-state index is -0.593. The van der Waals surface area contributed by atoms with Gasteiger partial charge in [0.05, 0.1) is 6.04 Å². The van der Waals surface area contributed by atoms with Crippen molar-refractivity contribution in [3.8, 4) is 0 Å². The van der Waals surface area contributed by atoms with Gasteiger partial charge in [0.25, 0.3) is 0 Å². The Labute approximate surface area is 172 Å². The van der Waals surface area contributed by atoms with Crippen molar-refractivity contribution in [1.82, 2.24) is 10.6 Å². The highest BCUT2D eigenvalue weighted by Crippen LogP contribution is 2.06. The summed E-state index contributed by atoms with van der Waals surface area (Å²) in [6.45, 7) is 2.10. The number of amides is 2. The second kappa shape index (κ2) is 12.7. The minimum Gasteiger partial charge on any atom is -0.349 e. The highest BCUT2D eigenvalue weighted by Gasteiger charge is 2.13. The van der Waals surface area contributed by atoms with Crippen LogP contribution in [-0.4, -0.2) is 23.9 Å². The van der Waals surface area contributed by atoms with Gasteiger partial charge in [0.1, 0.15) is 0 Å². The molecule has 2 aromatic rings. The van der Waals surface area contributed by atoms with Gasteiger partial charge in [-0.25, -0.2) is 0 Å². The lowest BCUT2D eigenvalue weighted by Crippen LogP contribution is -2.43. The van der Waals surface area contributed by atoms with Crippen LogP contribution >= 0.6 is 12.4 Å². The van der Waals surface area contributed by atoms with Crippen molar-refractivity contribution in [2.75, 3.05) is 0 Å². The number of halogens is 1. The van der Waals surface area contributed by atoms with Crippen LogP contribution in [0.5, 0.6) is 0 Å². The predicted molar refractivity (Wildman–Crippen MR) is 115 cm³/mol. The molecule has 5 nitrogen and oxygen atoms in total. The summed E-state index contributed by atoms with van der Waals surface area (Å²) in [5, 5.41) is 5.73. The third-order valence-electron chi connectivity index (χ3n) is 4.12. The molecule has 28 heavy (non-hydrogen) atoms. The quantitative estimate of drug-likeness (QED) is 0.565. The normalized spacial score (nSPS) is 12.6. The number of carbonyl (C=O) groups excluding carboxylic acids is 2. The van der Waals surface area contributed by atoms with E-state index in [1.54, 1.807) is 13.0 Å². The van der Waals surface area contributed by atoms with Gasteiger partial charge in [-0.15, -0.1) is 12.4 Å². The van der Waals surface area contributed by atoms with Crippen LogP contribution in [-0.2, 0) is 22.6 Å². The van der Waals surface area contributed by atoms with E-state index in [1.807, 2.05) is 60.7 Å². The monoisotopic (exact) mass is 401 g/mol. The van der Waals surface area contributed by atoms with E-state index < -0.39 is 6.04 Å². The number of hydrogen-bond donors (Lipinski definition) is 3. The largest absolute Gasteiger partial charge is 0.349 e. The number of nitrogens with two attached hydrogens (primary N) is 1. The van der Waals surface area contributed by atoms with E-state index in [0.717, 1.165) is 12.0 Å². The molecule has 0 bridgehead atoms. The molecule has 2 rings (SSSR count). The third-order valence-corrected chi connectivity index (χ3v) is 4.12. The molecule has 2 atom stereocenters. The fraction of sp³-hybridized carbons (Fsp3) is 0.273. The average molecular weight is 402 g/mol. The van der Waals surface area contributed by atoms with Crippen LogP contribution in [0.25, 0.3) is 0 Å². The maximum atomic E-state index is 12.1. The van der Waals surface area contributed by atoms with Crippen molar-refractivity contribution in [1.29, 1.82) is 0 Å². The maximum Gasteiger partial charge on any atom is 0.244 e. The Bertz CT molecular complexity index is 749. The fourth-order valence-electron chi connectivity index (χ4n) is 2.55. The van der Waals surface area contributed by atoms with Gasteiger partial charge in [0, 0.05) is 18.7 Å². The first kappa shape index (κ1) is 23.4. The van der Waals surface area contributed by atoms with Crippen molar-refractivity contribution < 1.29 is 9.59 Å². The fourth-order valence-corrected chi connectivity index (χ4v) is 2.55. The Morgan fingerprint density at radius 3 is 2.14 bits per heavy atom. The first-order chi connectivity index (χ1) is 13.0. The van der Waals surface area contributed by atoms with Crippen molar-refractivity contribution in [2.24, 2.45) is 5.73 Å². The summed E-state index contributed by atoms with van der Waals surface area (Å²) in [5.74, 6) is -0.430. The molecule has 2 amide bonds. The van der Waals surface area contributed by atoms with E-state index in [2.05, 4.69) is 10.6 Å². The molecule has 0 heterocycles. The van der Waals surface area contributed by atoms with Crippen molar-refractivity contribution in [2.45, 2.75) is 38.4 Å². The molecular weight excluding hydrogens is 374 g/mol. The molecular formula is C22H28ClN3O2. The van der Waals surface area contributed by atoms with Gasteiger partial charge in [-0.2, -0.15) is 0 Å². The van der Waals surface area contributed by atoms with E-state index in [0.29, 0.717) is 13.0 Å². The molecule has 0 aliphatic carbocycles. The second-order valence-corrected chi connectivity index (χ2v) is 6.49. The van der Waals surface area contributed by atoms with Gasteiger partial charge in [-0.1, -0.05) is 66.7 Å². The smallest absolute Gasteiger partial charge is 0.244 e. The van der Waals surface area contributed by atoms with Gasteiger partial charge in [-0.05, 0) is 30.9 Å². The number of carbonyl (C=O) groups is 2. The zero-order valence-electron chi connectivity index (χ0n) is 16.0. The van der Waals surface area contributed by atoms with E-state index >= 15 is 0 Å². The Morgan fingerprint density at radius 2 is 1.57 bits per heavy atom. The summed E-state index contributed by atoms with van der Waals surface area (Å²) in [6.07, 6.45) is 4.68. The number of hydrogen-bond acceptors (Lipinski definition) is 3. The molecule has 150 valence electrons. The summed E-state index contributed by atoms with van der Waals surface area (Å²) in [4.78, 5) is 24.0. The van der Waals surface area contributed by atoms with Crippen LogP contribution in [0.2, 0.25) is 0 Å². The van der Waals surface area contributed by atoms with Crippen LogP contribution in [0.3, 0.4) is 0 Å². The van der Waals surface area contributed by atoms with Gasteiger partial charge < -0.3 is 16.4 Å². The zero-order valence-corrected chi connectivity index (χ0v) is 16.8. The molecule has 2 aromatic carbocycles. The summed E-state index contributed by atoms with van der Waals surface area (Å²) >= 11 is 0. The molecule has 0 spiro atoms. The lowest BCUT2D eigenvalue weighted by molar-refractivity contribution is -0.122. The standard InChI is InChI=1S/C22H27N3O2.ClH/c1-17(23)22(27)25-20(13-12-18-8-4-2-5-9-18)14-15-21(26)24-16-19-10-6-3-7-11-19;/h2-11,14-15,17,20H,12-13,16,23H2,1H3,(H,24,26)(H,25,27);1H/t17-,20-;/m0./s1. The highest BCUT2D eigenvalue weighted by molar-refractivity contribution is 5.87. The van der Waals surface area contributed by atoms with Crippen molar-refractivity contribution in [3.63, 3.8) is 0 Å². The van der Waals surface area contributed by atoms with E-state index in [9.17, 15) is 9.59 Å². The predicted octanol–water partition coefficient (Wildman–Crippen LogP) is 2.75. The molecule has 0 unspecified atom stereocenters. The lowest BCUT2D eigenvalue weighted by atomic mass is 10.0. The molecule has 0 saturated carbocycles. The number of rotatable bonds is 9.